The average Bonchev–Trinajstić information content (AvgIpc) is 3.01. The maximum Gasteiger partial charge on any atom is 0.573 e. The van der Waals surface area contributed by atoms with Gasteiger partial charge in [0.25, 0.3) is 5.91 Å². The first kappa shape index (κ1) is 30.7. The Morgan fingerprint density at radius 3 is 2.16 bits per heavy atom. The number of piperazine rings is 1. The average molecular weight is 618 g/mol. The summed E-state index contributed by atoms with van der Waals surface area (Å²) in [4.78, 5) is 16.7. The summed E-state index contributed by atoms with van der Waals surface area (Å²) in [7, 11) is -2.24. The van der Waals surface area contributed by atoms with Crippen molar-refractivity contribution in [3.63, 3.8) is 0 Å². The minimum absolute atomic E-state index is 0.168. The largest absolute Gasteiger partial charge is 0.573 e. The molecular formula is C31H34F3N3O5S. The number of piperidine rings is 1. The molecule has 0 bridgehead atoms. The standard InChI is InChI=1S/C31H34F3N3O5S/c1-41-29-12-11-25(43(39,40)37-15-13-24(14-16-37)21-23-7-3-2-4-8-23)22-27(29)35-17-19-36(20-18-35)30(38)26-9-5-6-10-28(26)42-31(32,33)34/h2-12,22,24H,13-21H2,1H3. The van der Waals surface area contributed by atoms with E-state index in [0.717, 1.165) is 25.3 Å². The number of hydrogen-bond donors (Lipinski definition) is 0. The summed E-state index contributed by atoms with van der Waals surface area (Å²) in [6.45, 7) is 1.99. The Bertz CT molecular complexity index is 1520. The molecule has 43 heavy (non-hydrogen) atoms. The number of carbonyl (C=O) groups is 1. The summed E-state index contributed by atoms with van der Waals surface area (Å²) in [5.74, 6) is -0.208. The molecule has 2 aliphatic rings. The van der Waals surface area contributed by atoms with E-state index in [4.69, 9.17) is 4.74 Å². The molecule has 0 unspecified atom stereocenters. The fourth-order valence-electron chi connectivity index (χ4n) is 5.71. The van der Waals surface area contributed by atoms with Crippen LogP contribution in [-0.2, 0) is 16.4 Å². The predicted octanol–water partition coefficient (Wildman–Crippen LogP) is 5.20. The number of alkyl halides is 3. The van der Waals surface area contributed by atoms with Crippen LogP contribution in [0.4, 0.5) is 18.9 Å². The Hall–Kier alpha value is -3.77. The number of carbonyl (C=O) groups excluding carboxylic acids is 1. The highest BCUT2D eigenvalue weighted by Gasteiger charge is 2.35. The Labute approximate surface area is 249 Å². The number of benzene rings is 3. The Morgan fingerprint density at radius 2 is 1.51 bits per heavy atom. The van der Waals surface area contributed by atoms with E-state index in [0.29, 0.717) is 43.5 Å². The van der Waals surface area contributed by atoms with E-state index in [2.05, 4.69) is 16.9 Å². The van der Waals surface area contributed by atoms with Crippen LogP contribution in [0.5, 0.6) is 11.5 Å². The molecule has 2 fully saturated rings. The highest BCUT2D eigenvalue weighted by atomic mass is 32.2. The van der Waals surface area contributed by atoms with E-state index in [9.17, 15) is 26.4 Å². The second kappa shape index (κ2) is 12.8. The minimum atomic E-state index is -4.92. The summed E-state index contributed by atoms with van der Waals surface area (Å²) in [6.07, 6.45) is -2.43. The molecule has 0 saturated carbocycles. The first-order valence-electron chi connectivity index (χ1n) is 14.2. The van der Waals surface area contributed by atoms with Crippen molar-refractivity contribution in [3.8, 4) is 11.5 Å². The van der Waals surface area contributed by atoms with E-state index in [1.807, 2.05) is 23.1 Å². The van der Waals surface area contributed by atoms with Crippen molar-refractivity contribution in [2.45, 2.75) is 30.5 Å². The second-order valence-electron chi connectivity index (χ2n) is 10.7. The highest BCUT2D eigenvalue weighted by Crippen LogP contribution is 2.35. The fourth-order valence-corrected chi connectivity index (χ4v) is 7.20. The van der Waals surface area contributed by atoms with E-state index in [1.165, 1.54) is 40.1 Å². The van der Waals surface area contributed by atoms with Gasteiger partial charge in [0.1, 0.15) is 11.5 Å². The van der Waals surface area contributed by atoms with Crippen LogP contribution in [0, 0.1) is 5.92 Å². The van der Waals surface area contributed by atoms with Gasteiger partial charge in [0, 0.05) is 39.3 Å². The lowest BCUT2D eigenvalue weighted by Gasteiger charge is -2.37. The molecule has 0 aliphatic carbocycles. The third-order valence-corrected chi connectivity index (χ3v) is 9.87. The van der Waals surface area contributed by atoms with E-state index < -0.39 is 28.0 Å². The summed E-state index contributed by atoms with van der Waals surface area (Å²) in [5, 5.41) is 0. The van der Waals surface area contributed by atoms with Crippen molar-refractivity contribution in [1.82, 2.24) is 9.21 Å². The van der Waals surface area contributed by atoms with Crippen LogP contribution in [-0.4, -0.2) is 76.3 Å². The van der Waals surface area contributed by atoms with E-state index in [1.54, 1.807) is 18.2 Å². The van der Waals surface area contributed by atoms with Gasteiger partial charge in [-0.05, 0) is 61.1 Å². The van der Waals surface area contributed by atoms with Crippen LogP contribution in [0.15, 0.2) is 77.7 Å². The quantitative estimate of drug-likeness (QED) is 0.346. The number of ether oxygens (including phenoxy) is 2. The molecule has 0 aromatic heterocycles. The second-order valence-corrected chi connectivity index (χ2v) is 12.6. The van der Waals surface area contributed by atoms with Gasteiger partial charge in [0.15, 0.2) is 0 Å². The Morgan fingerprint density at radius 1 is 0.860 bits per heavy atom. The van der Waals surface area contributed by atoms with Gasteiger partial charge in [-0.2, -0.15) is 4.31 Å². The molecule has 1 amide bonds. The topological polar surface area (TPSA) is 79.4 Å². The number of methoxy groups -OCH3 is 1. The lowest BCUT2D eigenvalue weighted by Crippen LogP contribution is -2.49. The zero-order valence-electron chi connectivity index (χ0n) is 23.8. The molecular weight excluding hydrogens is 583 g/mol. The molecule has 12 heteroatoms. The van der Waals surface area contributed by atoms with E-state index in [-0.39, 0.29) is 23.5 Å². The van der Waals surface area contributed by atoms with Crippen LogP contribution >= 0.6 is 0 Å². The first-order chi connectivity index (χ1) is 20.5. The molecule has 230 valence electrons. The smallest absolute Gasteiger partial charge is 0.495 e. The molecule has 8 nitrogen and oxygen atoms in total. The number of rotatable bonds is 8. The molecule has 3 aromatic carbocycles. The number of para-hydroxylation sites is 1. The molecule has 2 aliphatic heterocycles. The lowest BCUT2D eigenvalue weighted by molar-refractivity contribution is -0.274. The van der Waals surface area contributed by atoms with Gasteiger partial charge >= 0.3 is 6.36 Å². The number of sulfonamides is 1. The van der Waals surface area contributed by atoms with Crippen LogP contribution in [0.25, 0.3) is 0 Å². The maximum absolute atomic E-state index is 13.6. The third-order valence-electron chi connectivity index (χ3n) is 7.98. The van der Waals surface area contributed by atoms with Crippen molar-refractivity contribution in [2.75, 3.05) is 51.3 Å². The molecule has 0 radical (unpaired) electrons. The van der Waals surface area contributed by atoms with Crippen LogP contribution < -0.4 is 14.4 Å². The summed E-state index contributed by atoms with van der Waals surface area (Å²) >= 11 is 0. The SMILES string of the molecule is COc1ccc(S(=O)(=O)N2CCC(Cc3ccccc3)CC2)cc1N1CCN(C(=O)c2ccccc2OC(F)(F)F)CC1. The van der Waals surface area contributed by atoms with Gasteiger partial charge in [0.05, 0.1) is 23.3 Å². The van der Waals surface area contributed by atoms with Crippen molar-refractivity contribution in [3.05, 3.63) is 83.9 Å². The van der Waals surface area contributed by atoms with E-state index >= 15 is 0 Å². The molecule has 3 aromatic rings. The minimum Gasteiger partial charge on any atom is -0.495 e. The molecule has 0 N–H and O–H groups in total. The van der Waals surface area contributed by atoms with Crippen molar-refractivity contribution in [2.24, 2.45) is 5.92 Å². The highest BCUT2D eigenvalue weighted by molar-refractivity contribution is 7.89. The van der Waals surface area contributed by atoms with Crippen molar-refractivity contribution in [1.29, 1.82) is 0 Å². The fraction of sp³-hybridized carbons (Fsp3) is 0.387. The predicted molar refractivity (Wildman–Crippen MR) is 156 cm³/mol. The lowest BCUT2D eigenvalue weighted by atomic mass is 9.91. The molecule has 2 saturated heterocycles. The van der Waals surface area contributed by atoms with Crippen LogP contribution in [0.1, 0.15) is 28.8 Å². The van der Waals surface area contributed by atoms with Crippen molar-refractivity contribution < 1.29 is 35.9 Å². The van der Waals surface area contributed by atoms with Crippen molar-refractivity contribution >= 4 is 21.6 Å². The number of hydrogen-bond acceptors (Lipinski definition) is 6. The van der Waals surface area contributed by atoms with Gasteiger partial charge in [-0.25, -0.2) is 8.42 Å². The zero-order valence-corrected chi connectivity index (χ0v) is 24.6. The summed E-state index contributed by atoms with van der Waals surface area (Å²) < 4.78 is 77.0. The molecule has 2 heterocycles. The number of halogens is 3. The third kappa shape index (κ3) is 7.24. The number of amides is 1. The molecule has 5 rings (SSSR count). The normalized spacial score (nSPS) is 17.1. The molecule has 0 atom stereocenters. The Kier molecular flexibility index (Phi) is 9.16. The van der Waals surface area contributed by atoms with Crippen LogP contribution in [0.2, 0.25) is 0 Å². The summed E-state index contributed by atoms with van der Waals surface area (Å²) in [5.41, 5.74) is 1.66. The Balaban J connectivity index is 1.25. The first-order valence-corrected chi connectivity index (χ1v) is 15.6. The number of nitrogens with zero attached hydrogens (tertiary/aromatic N) is 3. The molecule has 0 spiro atoms. The van der Waals surface area contributed by atoms with Gasteiger partial charge in [-0.15, -0.1) is 13.2 Å². The van der Waals surface area contributed by atoms with Gasteiger partial charge in [0.2, 0.25) is 10.0 Å². The zero-order chi connectivity index (χ0) is 30.6. The van der Waals surface area contributed by atoms with Crippen LogP contribution in [0.3, 0.4) is 0 Å². The monoisotopic (exact) mass is 617 g/mol. The maximum atomic E-state index is 13.6. The van der Waals surface area contributed by atoms with Gasteiger partial charge < -0.3 is 19.3 Å². The number of anilines is 1. The summed E-state index contributed by atoms with van der Waals surface area (Å²) in [6, 6.07) is 20.3. The van der Waals surface area contributed by atoms with Gasteiger partial charge in [-0.3, -0.25) is 4.79 Å². The van der Waals surface area contributed by atoms with Gasteiger partial charge in [-0.1, -0.05) is 42.5 Å².